The summed E-state index contributed by atoms with van der Waals surface area (Å²) >= 11 is 3.61. The summed E-state index contributed by atoms with van der Waals surface area (Å²) in [6.07, 6.45) is 1.06. The first kappa shape index (κ1) is 11.7. The van der Waals surface area contributed by atoms with Gasteiger partial charge in [0.05, 0.1) is 15.9 Å². The van der Waals surface area contributed by atoms with Crippen molar-refractivity contribution in [2.45, 2.75) is 26.8 Å². The van der Waals surface area contributed by atoms with E-state index in [9.17, 15) is 0 Å². The fourth-order valence-electron chi connectivity index (χ4n) is 1.48. The standard InChI is InChI=1S/C10H18BrN3/c1-7(2)5-9-10(11)8(6-12-3)13-14(9)4/h7,12H,5-6H2,1-4H3. The number of rotatable bonds is 4. The molecular formula is C10H18BrN3. The molecule has 0 fully saturated rings. The second-order valence-corrected chi connectivity index (χ2v) is 4.75. The number of hydrogen-bond acceptors (Lipinski definition) is 2. The highest BCUT2D eigenvalue weighted by Crippen LogP contribution is 2.23. The van der Waals surface area contributed by atoms with Crippen LogP contribution >= 0.6 is 15.9 Å². The Morgan fingerprint density at radius 2 is 2.14 bits per heavy atom. The van der Waals surface area contributed by atoms with Crippen LogP contribution in [0.25, 0.3) is 0 Å². The zero-order valence-electron chi connectivity index (χ0n) is 9.26. The summed E-state index contributed by atoms with van der Waals surface area (Å²) in [5, 5.41) is 7.57. The van der Waals surface area contributed by atoms with Crippen molar-refractivity contribution in [2.75, 3.05) is 7.05 Å². The lowest BCUT2D eigenvalue weighted by Gasteiger charge is -2.05. The van der Waals surface area contributed by atoms with Crippen molar-refractivity contribution >= 4 is 15.9 Å². The highest BCUT2D eigenvalue weighted by atomic mass is 79.9. The van der Waals surface area contributed by atoms with Crippen LogP contribution in [0.3, 0.4) is 0 Å². The Kier molecular flexibility index (Phi) is 4.13. The molecule has 0 aliphatic rings. The topological polar surface area (TPSA) is 29.9 Å². The molecule has 1 N–H and O–H groups in total. The van der Waals surface area contributed by atoms with Crippen LogP contribution in [0.5, 0.6) is 0 Å². The van der Waals surface area contributed by atoms with Gasteiger partial charge in [0, 0.05) is 13.6 Å². The van der Waals surface area contributed by atoms with Gasteiger partial charge >= 0.3 is 0 Å². The van der Waals surface area contributed by atoms with Gasteiger partial charge in [0.2, 0.25) is 0 Å². The Morgan fingerprint density at radius 1 is 1.50 bits per heavy atom. The fourth-order valence-corrected chi connectivity index (χ4v) is 2.12. The summed E-state index contributed by atoms with van der Waals surface area (Å²) in [4.78, 5) is 0. The SMILES string of the molecule is CNCc1nn(C)c(CC(C)C)c1Br. The van der Waals surface area contributed by atoms with Gasteiger partial charge < -0.3 is 5.32 Å². The molecule has 0 saturated carbocycles. The van der Waals surface area contributed by atoms with Crippen LogP contribution < -0.4 is 5.32 Å². The number of aromatic nitrogens is 2. The molecule has 1 aromatic heterocycles. The third-order valence-electron chi connectivity index (χ3n) is 2.11. The Balaban J connectivity index is 2.92. The minimum absolute atomic E-state index is 0.657. The molecule has 0 aliphatic heterocycles. The molecule has 0 atom stereocenters. The van der Waals surface area contributed by atoms with Crippen LogP contribution in [0, 0.1) is 5.92 Å². The Labute approximate surface area is 94.0 Å². The maximum absolute atomic E-state index is 4.46. The highest BCUT2D eigenvalue weighted by molar-refractivity contribution is 9.10. The molecule has 0 saturated heterocycles. The van der Waals surface area contributed by atoms with E-state index in [1.165, 1.54) is 5.69 Å². The summed E-state index contributed by atoms with van der Waals surface area (Å²) in [6, 6.07) is 0. The number of halogens is 1. The second kappa shape index (κ2) is 4.94. The first-order valence-corrected chi connectivity index (χ1v) is 5.70. The predicted molar refractivity (Wildman–Crippen MR) is 62.2 cm³/mol. The van der Waals surface area contributed by atoms with Crippen molar-refractivity contribution in [3.05, 3.63) is 15.9 Å². The molecule has 14 heavy (non-hydrogen) atoms. The number of nitrogens with one attached hydrogen (secondary N) is 1. The Hall–Kier alpha value is -0.350. The summed E-state index contributed by atoms with van der Waals surface area (Å²) in [7, 11) is 3.94. The van der Waals surface area contributed by atoms with E-state index in [1.807, 2.05) is 18.8 Å². The van der Waals surface area contributed by atoms with Gasteiger partial charge in [0.1, 0.15) is 0 Å². The van der Waals surface area contributed by atoms with Crippen molar-refractivity contribution in [1.82, 2.24) is 15.1 Å². The predicted octanol–water partition coefficient (Wildman–Crippen LogP) is 2.10. The minimum Gasteiger partial charge on any atom is -0.314 e. The molecule has 80 valence electrons. The Morgan fingerprint density at radius 3 is 2.64 bits per heavy atom. The normalized spacial score (nSPS) is 11.3. The maximum Gasteiger partial charge on any atom is 0.0907 e. The van der Waals surface area contributed by atoms with Crippen molar-refractivity contribution < 1.29 is 0 Å². The van der Waals surface area contributed by atoms with E-state index >= 15 is 0 Å². The van der Waals surface area contributed by atoms with Crippen LogP contribution in [0.4, 0.5) is 0 Å². The molecule has 0 aliphatic carbocycles. The van der Waals surface area contributed by atoms with Gasteiger partial charge in [-0.3, -0.25) is 4.68 Å². The minimum atomic E-state index is 0.657. The van der Waals surface area contributed by atoms with E-state index in [1.54, 1.807) is 0 Å². The Bertz CT molecular complexity index is 305. The fraction of sp³-hybridized carbons (Fsp3) is 0.700. The van der Waals surface area contributed by atoms with Crippen molar-refractivity contribution in [1.29, 1.82) is 0 Å². The van der Waals surface area contributed by atoms with Crippen LogP contribution in [-0.4, -0.2) is 16.8 Å². The van der Waals surface area contributed by atoms with Gasteiger partial charge in [0.15, 0.2) is 0 Å². The van der Waals surface area contributed by atoms with Crippen LogP contribution in [0.15, 0.2) is 4.47 Å². The van der Waals surface area contributed by atoms with Gasteiger partial charge in [-0.15, -0.1) is 0 Å². The van der Waals surface area contributed by atoms with E-state index in [2.05, 4.69) is 40.2 Å². The summed E-state index contributed by atoms with van der Waals surface area (Å²) in [5.74, 6) is 0.657. The van der Waals surface area contributed by atoms with E-state index in [4.69, 9.17) is 0 Å². The zero-order chi connectivity index (χ0) is 10.7. The molecule has 4 heteroatoms. The quantitative estimate of drug-likeness (QED) is 0.898. The molecule has 0 spiro atoms. The molecule has 1 heterocycles. The highest BCUT2D eigenvalue weighted by Gasteiger charge is 2.13. The average molecular weight is 260 g/mol. The maximum atomic E-state index is 4.46. The molecular weight excluding hydrogens is 242 g/mol. The summed E-state index contributed by atoms with van der Waals surface area (Å²) in [5.41, 5.74) is 2.37. The average Bonchev–Trinajstić information content (AvgIpc) is 2.33. The summed E-state index contributed by atoms with van der Waals surface area (Å²) in [6.45, 7) is 5.25. The smallest absolute Gasteiger partial charge is 0.0907 e. The van der Waals surface area contributed by atoms with Gasteiger partial charge in [-0.2, -0.15) is 5.10 Å². The van der Waals surface area contributed by atoms with Crippen molar-refractivity contribution in [3.63, 3.8) is 0 Å². The largest absolute Gasteiger partial charge is 0.314 e. The van der Waals surface area contributed by atoms with Gasteiger partial charge in [-0.1, -0.05) is 13.8 Å². The molecule has 0 bridgehead atoms. The monoisotopic (exact) mass is 259 g/mol. The second-order valence-electron chi connectivity index (χ2n) is 3.96. The van der Waals surface area contributed by atoms with Crippen LogP contribution in [0.2, 0.25) is 0 Å². The molecule has 3 nitrogen and oxygen atoms in total. The lowest BCUT2D eigenvalue weighted by molar-refractivity contribution is 0.592. The lowest BCUT2D eigenvalue weighted by atomic mass is 10.1. The molecule has 0 aromatic carbocycles. The molecule has 1 aromatic rings. The van der Waals surface area contributed by atoms with Gasteiger partial charge in [-0.25, -0.2) is 0 Å². The van der Waals surface area contributed by atoms with Gasteiger partial charge in [0.25, 0.3) is 0 Å². The molecule has 0 unspecified atom stereocenters. The number of nitrogens with zero attached hydrogens (tertiary/aromatic N) is 2. The van der Waals surface area contributed by atoms with Crippen LogP contribution in [0.1, 0.15) is 25.2 Å². The molecule has 0 amide bonds. The van der Waals surface area contributed by atoms with Crippen molar-refractivity contribution in [2.24, 2.45) is 13.0 Å². The van der Waals surface area contributed by atoms with Gasteiger partial charge in [-0.05, 0) is 35.3 Å². The van der Waals surface area contributed by atoms with E-state index in [-0.39, 0.29) is 0 Å². The zero-order valence-corrected chi connectivity index (χ0v) is 10.8. The first-order chi connectivity index (χ1) is 6.56. The third-order valence-corrected chi connectivity index (χ3v) is 3.03. The lowest BCUT2D eigenvalue weighted by Crippen LogP contribution is -2.06. The molecule has 0 radical (unpaired) electrons. The van der Waals surface area contributed by atoms with Crippen LogP contribution in [-0.2, 0) is 20.0 Å². The van der Waals surface area contributed by atoms with E-state index < -0.39 is 0 Å². The van der Waals surface area contributed by atoms with E-state index in [0.717, 1.165) is 23.1 Å². The molecule has 1 rings (SSSR count). The number of aryl methyl sites for hydroxylation is 1. The summed E-state index contributed by atoms with van der Waals surface area (Å²) < 4.78 is 3.12. The van der Waals surface area contributed by atoms with E-state index in [0.29, 0.717) is 5.92 Å². The van der Waals surface area contributed by atoms with Crippen molar-refractivity contribution in [3.8, 4) is 0 Å². The number of hydrogen-bond donors (Lipinski definition) is 1. The third kappa shape index (κ3) is 2.58. The first-order valence-electron chi connectivity index (χ1n) is 4.91.